The molecule has 144 valence electrons. The lowest BCUT2D eigenvalue weighted by Crippen LogP contribution is -2.40. The summed E-state index contributed by atoms with van der Waals surface area (Å²) in [5.41, 5.74) is 2.36. The van der Waals surface area contributed by atoms with Crippen molar-refractivity contribution >= 4 is 29.0 Å². The van der Waals surface area contributed by atoms with Gasteiger partial charge in [-0.2, -0.15) is 0 Å². The number of esters is 1. The van der Waals surface area contributed by atoms with E-state index in [2.05, 4.69) is 29.4 Å². The van der Waals surface area contributed by atoms with E-state index in [1.807, 2.05) is 13.0 Å². The van der Waals surface area contributed by atoms with E-state index in [1.54, 1.807) is 12.1 Å². The first-order valence-corrected chi connectivity index (χ1v) is 9.76. The number of anilines is 1. The second-order valence-electron chi connectivity index (χ2n) is 7.46. The van der Waals surface area contributed by atoms with Gasteiger partial charge >= 0.3 is 5.97 Å². The van der Waals surface area contributed by atoms with Gasteiger partial charge < -0.3 is 20.3 Å². The Morgan fingerprint density at radius 2 is 2.00 bits per heavy atom. The number of aryl methyl sites for hydroxylation is 1. The van der Waals surface area contributed by atoms with Gasteiger partial charge in [-0.25, -0.2) is 4.79 Å². The smallest absolute Gasteiger partial charge is 0.337 e. The molecule has 1 aromatic carbocycles. The Bertz CT molecular complexity index is 625. The zero-order valence-corrected chi connectivity index (χ0v) is 17.1. The zero-order chi connectivity index (χ0) is 19.1. The molecule has 0 bridgehead atoms. The molecule has 0 radical (unpaired) electrons. The minimum absolute atomic E-state index is 0.350. The van der Waals surface area contributed by atoms with E-state index in [1.165, 1.54) is 26.6 Å². The van der Waals surface area contributed by atoms with Gasteiger partial charge in [0.15, 0.2) is 5.11 Å². The third kappa shape index (κ3) is 6.25. The van der Waals surface area contributed by atoms with Crippen LogP contribution in [0.15, 0.2) is 18.2 Å². The summed E-state index contributed by atoms with van der Waals surface area (Å²) in [5.74, 6) is 1.23. The maximum Gasteiger partial charge on any atom is 0.337 e. The number of likely N-dealkylation sites (tertiary alicyclic amines) is 1. The molecule has 2 atom stereocenters. The molecule has 5 nitrogen and oxygen atoms in total. The largest absolute Gasteiger partial charge is 0.465 e. The van der Waals surface area contributed by atoms with Gasteiger partial charge in [0, 0.05) is 25.3 Å². The lowest BCUT2D eigenvalue weighted by Gasteiger charge is -2.35. The normalized spacial score (nSPS) is 20.5. The Morgan fingerprint density at radius 3 is 2.65 bits per heavy atom. The lowest BCUT2D eigenvalue weighted by molar-refractivity contribution is 0.0601. The van der Waals surface area contributed by atoms with Crippen LogP contribution in [0.25, 0.3) is 0 Å². The SMILES string of the molecule is COC(=O)c1ccc(C)c(NC(=S)NCCCN2C[C@@H](C)C[C@H](C)C2)c1. The van der Waals surface area contributed by atoms with E-state index < -0.39 is 0 Å². The molecule has 1 fully saturated rings. The first-order chi connectivity index (χ1) is 12.4. The first-order valence-electron chi connectivity index (χ1n) is 9.35. The molecule has 1 saturated heterocycles. The van der Waals surface area contributed by atoms with Gasteiger partial charge in [0.1, 0.15) is 0 Å². The number of carbonyl (C=O) groups excluding carboxylic acids is 1. The third-order valence-corrected chi connectivity index (χ3v) is 5.03. The van der Waals surface area contributed by atoms with Gasteiger partial charge in [0.05, 0.1) is 12.7 Å². The predicted octanol–water partition coefficient (Wildman–Crippen LogP) is 3.44. The van der Waals surface area contributed by atoms with Crippen molar-refractivity contribution in [3.63, 3.8) is 0 Å². The molecule has 26 heavy (non-hydrogen) atoms. The fourth-order valence-electron chi connectivity index (χ4n) is 3.65. The fraction of sp³-hybridized carbons (Fsp3) is 0.600. The Kier molecular flexibility index (Phi) is 7.85. The van der Waals surface area contributed by atoms with Crippen LogP contribution in [0, 0.1) is 18.8 Å². The molecule has 1 aliphatic rings. The summed E-state index contributed by atoms with van der Waals surface area (Å²) in [6, 6.07) is 5.41. The quantitative estimate of drug-likeness (QED) is 0.450. The van der Waals surface area contributed by atoms with Crippen molar-refractivity contribution in [3.8, 4) is 0 Å². The molecular weight excluding hydrogens is 346 g/mol. The maximum atomic E-state index is 11.7. The number of nitrogens with zero attached hydrogens (tertiary/aromatic N) is 1. The van der Waals surface area contributed by atoms with E-state index in [0.29, 0.717) is 10.7 Å². The molecular formula is C20H31N3O2S. The molecule has 0 unspecified atom stereocenters. The Morgan fingerprint density at radius 1 is 1.31 bits per heavy atom. The van der Waals surface area contributed by atoms with Crippen LogP contribution in [0.4, 0.5) is 5.69 Å². The monoisotopic (exact) mass is 377 g/mol. The van der Waals surface area contributed by atoms with Crippen LogP contribution >= 0.6 is 12.2 Å². The van der Waals surface area contributed by atoms with Crippen molar-refractivity contribution in [1.29, 1.82) is 0 Å². The third-order valence-electron chi connectivity index (χ3n) is 4.79. The predicted molar refractivity (Wildman–Crippen MR) is 111 cm³/mol. The highest BCUT2D eigenvalue weighted by Gasteiger charge is 2.21. The van der Waals surface area contributed by atoms with Crippen molar-refractivity contribution < 1.29 is 9.53 Å². The van der Waals surface area contributed by atoms with E-state index in [9.17, 15) is 4.79 Å². The highest BCUT2D eigenvalue weighted by Crippen LogP contribution is 2.21. The summed E-state index contributed by atoms with van der Waals surface area (Å²) in [7, 11) is 1.38. The Balaban J connectivity index is 1.76. The summed E-state index contributed by atoms with van der Waals surface area (Å²) in [6.07, 6.45) is 2.40. The highest BCUT2D eigenvalue weighted by molar-refractivity contribution is 7.80. The second kappa shape index (κ2) is 9.88. The molecule has 1 aromatic rings. The molecule has 0 aromatic heterocycles. The van der Waals surface area contributed by atoms with Crippen LogP contribution in [-0.2, 0) is 4.74 Å². The summed E-state index contributed by atoms with van der Waals surface area (Å²) >= 11 is 5.39. The van der Waals surface area contributed by atoms with Crippen molar-refractivity contribution in [3.05, 3.63) is 29.3 Å². The number of rotatable bonds is 6. The average molecular weight is 378 g/mol. The van der Waals surface area contributed by atoms with Gasteiger partial charge in [0.2, 0.25) is 0 Å². The molecule has 6 heteroatoms. The standard InChI is InChI=1S/C20H31N3O2S/c1-14-10-15(2)13-23(12-14)9-5-8-21-20(26)22-18-11-17(19(24)25-4)7-6-16(18)3/h6-7,11,14-15H,5,8-10,12-13H2,1-4H3,(H2,21,22,26)/t14-,15-/m0/s1. The lowest BCUT2D eigenvalue weighted by atomic mass is 9.92. The molecule has 1 heterocycles. The summed E-state index contributed by atoms with van der Waals surface area (Å²) in [4.78, 5) is 14.2. The number of piperidine rings is 1. The van der Waals surface area contributed by atoms with Crippen LogP contribution in [-0.4, -0.2) is 49.3 Å². The molecule has 1 aliphatic heterocycles. The maximum absolute atomic E-state index is 11.7. The molecule has 2 rings (SSSR count). The van der Waals surface area contributed by atoms with Gasteiger partial charge in [-0.05, 0) is 68.1 Å². The molecule has 2 N–H and O–H groups in total. The molecule has 0 amide bonds. The van der Waals surface area contributed by atoms with Crippen molar-refractivity contribution in [2.24, 2.45) is 11.8 Å². The molecule has 0 spiro atoms. The van der Waals surface area contributed by atoms with Gasteiger partial charge in [0.25, 0.3) is 0 Å². The average Bonchev–Trinajstić information content (AvgIpc) is 2.59. The number of hydrogen-bond acceptors (Lipinski definition) is 4. The number of nitrogens with one attached hydrogen (secondary N) is 2. The van der Waals surface area contributed by atoms with Crippen molar-refractivity contribution in [2.45, 2.75) is 33.6 Å². The molecule has 0 aliphatic carbocycles. The number of hydrogen-bond donors (Lipinski definition) is 2. The van der Waals surface area contributed by atoms with E-state index in [4.69, 9.17) is 17.0 Å². The Labute approximate surface area is 162 Å². The van der Waals surface area contributed by atoms with Crippen molar-refractivity contribution in [2.75, 3.05) is 38.6 Å². The number of thiocarbonyl (C=S) groups is 1. The van der Waals surface area contributed by atoms with Gasteiger partial charge in [-0.15, -0.1) is 0 Å². The fourth-order valence-corrected chi connectivity index (χ4v) is 3.86. The van der Waals surface area contributed by atoms with E-state index >= 15 is 0 Å². The van der Waals surface area contributed by atoms with E-state index in [0.717, 1.165) is 42.6 Å². The van der Waals surface area contributed by atoms with Gasteiger partial charge in [-0.1, -0.05) is 19.9 Å². The van der Waals surface area contributed by atoms with Crippen LogP contribution in [0.3, 0.4) is 0 Å². The van der Waals surface area contributed by atoms with E-state index in [-0.39, 0.29) is 5.97 Å². The van der Waals surface area contributed by atoms with Crippen LogP contribution < -0.4 is 10.6 Å². The van der Waals surface area contributed by atoms with Crippen molar-refractivity contribution in [1.82, 2.24) is 10.2 Å². The van der Waals surface area contributed by atoms with Crippen LogP contribution in [0.1, 0.15) is 42.6 Å². The van der Waals surface area contributed by atoms with Crippen LogP contribution in [0.2, 0.25) is 0 Å². The summed E-state index contributed by atoms with van der Waals surface area (Å²) in [5, 5.41) is 7.02. The number of benzene rings is 1. The number of carbonyl (C=O) groups is 1. The number of methoxy groups -OCH3 is 1. The molecule has 0 saturated carbocycles. The number of ether oxygens (including phenoxy) is 1. The highest BCUT2D eigenvalue weighted by atomic mass is 32.1. The van der Waals surface area contributed by atoms with Gasteiger partial charge in [-0.3, -0.25) is 0 Å². The zero-order valence-electron chi connectivity index (χ0n) is 16.3. The summed E-state index contributed by atoms with van der Waals surface area (Å²) in [6.45, 7) is 11.0. The topological polar surface area (TPSA) is 53.6 Å². The minimum atomic E-state index is -0.350. The second-order valence-corrected chi connectivity index (χ2v) is 7.87. The Hall–Kier alpha value is -1.66. The van der Waals surface area contributed by atoms with Crippen LogP contribution in [0.5, 0.6) is 0 Å². The summed E-state index contributed by atoms with van der Waals surface area (Å²) < 4.78 is 4.77. The first kappa shape index (κ1) is 20.6. The minimum Gasteiger partial charge on any atom is -0.465 e.